The summed E-state index contributed by atoms with van der Waals surface area (Å²) >= 11 is 0. The predicted molar refractivity (Wildman–Crippen MR) is 85.3 cm³/mol. The van der Waals surface area contributed by atoms with Gasteiger partial charge in [-0.05, 0) is 12.3 Å². The van der Waals surface area contributed by atoms with E-state index in [0.29, 0.717) is 58.9 Å². The number of piperazine rings is 1. The number of rotatable bonds is 6. The molecule has 0 amide bonds. The van der Waals surface area contributed by atoms with E-state index in [1.54, 1.807) is 0 Å². The molecular formula is C14H27N3O5S. The van der Waals surface area contributed by atoms with Gasteiger partial charge in [-0.15, -0.1) is 0 Å². The lowest BCUT2D eigenvalue weighted by Crippen LogP contribution is -2.57. The van der Waals surface area contributed by atoms with E-state index in [2.05, 4.69) is 0 Å². The summed E-state index contributed by atoms with van der Waals surface area (Å²) in [5.41, 5.74) is 0. The van der Waals surface area contributed by atoms with Gasteiger partial charge in [0.15, 0.2) is 0 Å². The molecule has 2 aliphatic rings. The Morgan fingerprint density at radius 1 is 1.04 bits per heavy atom. The molecular weight excluding hydrogens is 322 g/mol. The maximum Gasteiger partial charge on any atom is 0.320 e. The maximum absolute atomic E-state index is 12.6. The van der Waals surface area contributed by atoms with Gasteiger partial charge in [0.1, 0.15) is 6.04 Å². The van der Waals surface area contributed by atoms with Crippen LogP contribution in [0.1, 0.15) is 20.3 Å². The minimum atomic E-state index is -3.46. The molecule has 8 nitrogen and oxygen atoms in total. The molecule has 0 spiro atoms. The summed E-state index contributed by atoms with van der Waals surface area (Å²) < 4.78 is 33.3. The van der Waals surface area contributed by atoms with Crippen molar-refractivity contribution < 1.29 is 23.1 Å². The fourth-order valence-corrected chi connectivity index (χ4v) is 4.60. The van der Waals surface area contributed by atoms with Gasteiger partial charge in [-0.2, -0.15) is 17.0 Å². The van der Waals surface area contributed by atoms with Crippen molar-refractivity contribution in [3.63, 3.8) is 0 Å². The fourth-order valence-electron chi connectivity index (χ4n) is 3.04. The number of ether oxygens (including phenoxy) is 1. The molecule has 1 N–H and O–H groups in total. The zero-order chi connectivity index (χ0) is 17.0. The molecule has 9 heteroatoms. The molecule has 1 atom stereocenters. The van der Waals surface area contributed by atoms with Gasteiger partial charge in [0, 0.05) is 39.3 Å². The van der Waals surface area contributed by atoms with Crippen LogP contribution >= 0.6 is 0 Å². The summed E-state index contributed by atoms with van der Waals surface area (Å²) in [4.78, 5) is 13.3. The van der Waals surface area contributed by atoms with Crippen molar-refractivity contribution >= 4 is 16.2 Å². The summed E-state index contributed by atoms with van der Waals surface area (Å²) in [6, 6.07) is -0.539. The van der Waals surface area contributed by atoms with Gasteiger partial charge < -0.3 is 9.84 Å². The Bertz CT molecular complexity index is 497. The monoisotopic (exact) mass is 349 g/mol. The Balaban J connectivity index is 1.95. The third kappa shape index (κ3) is 4.63. The van der Waals surface area contributed by atoms with Gasteiger partial charge in [0.25, 0.3) is 10.2 Å². The number of hydrogen-bond acceptors (Lipinski definition) is 5. The van der Waals surface area contributed by atoms with Crippen LogP contribution in [0.15, 0.2) is 0 Å². The molecule has 23 heavy (non-hydrogen) atoms. The van der Waals surface area contributed by atoms with E-state index >= 15 is 0 Å². The molecule has 0 aliphatic carbocycles. The molecule has 0 radical (unpaired) electrons. The van der Waals surface area contributed by atoms with Crippen molar-refractivity contribution in [2.45, 2.75) is 26.3 Å². The van der Waals surface area contributed by atoms with Gasteiger partial charge in [-0.3, -0.25) is 9.69 Å². The molecule has 134 valence electrons. The van der Waals surface area contributed by atoms with E-state index in [0.717, 1.165) is 0 Å². The first kappa shape index (κ1) is 18.6. The molecule has 0 aromatic heterocycles. The molecule has 2 rings (SSSR count). The van der Waals surface area contributed by atoms with Crippen molar-refractivity contribution in [1.29, 1.82) is 0 Å². The quantitative estimate of drug-likeness (QED) is 0.707. The van der Waals surface area contributed by atoms with Crippen LogP contribution in [0.2, 0.25) is 0 Å². The van der Waals surface area contributed by atoms with E-state index in [4.69, 9.17) is 4.74 Å². The largest absolute Gasteiger partial charge is 0.480 e. The van der Waals surface area contributed by atoms with Gasteiger partial charge in [-0.1, -0.05) is 13.8 Å². The first-order chi connectivity index (χ1) is 10.8. The summed E-state index contributed by atoms with van der Waals surface area (Å²) in [7, 11) is -3.46. The number of carboxylic acid groups (broad SMARTS) is 1. The second kappa shape index (κ2) is 7.89. The van der Waals surface area contributed by atoms with Gasteiger partial charge in [-0.25, -0.2) is 0 Å². The number of hydrogen-bond donors (Lipinski definition) is 1. The lowest BCUT2D eigenvalue weighted by Gasteiger charge is -2.39. The van der Waals surface area contributed by atoms with E-state index in [1.165, 1.54) is 8.61 Å². The number of carbonyl (C=O) groups is 1. The smallest absolute Gasteiger partial charge is 0.320 e. The molecule has 2 saturated heterocycles. The third-order valence-electron chi connectivity index (χ3n) is 4.32. The third-order valence-corrected chi connectivity index (χ3v) is 6.35. The van der Waals surface area contributed by atoms with Crippen LogP contribution in [-0.4, -0.2) is 91.5 Å². The van der Waals surface area contributed by atoms with Crippen molar-refractivity contribution in [2.75, 3.05) is 52.5 Å². The number of carboxylic acids is 1. The molecule has 1 unspecified atom stereocenters. The van der Waals surface area contributed by atoms with Crippen LogP contribution in [0.25, 0.3) is 0 Å². The average Bonchev–Trinajstić information content (AvgIpc) is 2.53. The number of aliphatic carboxylic acids is 1. The maximum atomic E-state index is 12.6. The lowest BCUT2D eigenvalue weighted by molar-refractivity contribution is -0.144. The van der Waals surface area contributed by atoms with Crippen molar-refractivity contribution in [3.05, 3.63) is 0 Å². The highest BCUT2D eigenvalue weighted by Gasteiger charge is 2.36. The zero-order valence-electron chi connectivity index (χ0n) is 13.8. The van der Waals surface area contributed by atoms with Crippen molar-refractivity contribution in [3.8, 4) is 0 Å². The second-order valence-corrected chi connectivity index (χ2v) is 8.37. The summed E-state index contributed by atoms with van der Waals surface area (Å²) in [6.45, 7) is 7.18. The number of nitrogens with zero attached hydrogens (tertiary/aromatic N) is 3. The Morgan fingerprint density at radius 3 is 2.04 bits per heavy atom. The molecule has 2 aliphatic heterocycles. The summed E-state index contributed by atoms with van der Waals surface area (Å²) in [5, 5.41) is 9.41. The van der Waals surface area contributed by atoms with Crippen LogP contribution in [0.5, 0.6) is 0 Å². The molecule has 2 fully saturated rings. The van der Waals surface area contributed by atoms with E-state index < -0.39 is 22.2 Å². The summed E-state index contributed by atoms with van der Waals surface area (Å²) in [5.74, 6) is -0.547. The van der Waals surface area contributed by atoms with Gasteiger partial charge >= 0.3 is 5.97 Å². The van der Waals surface area contributed by atoms with E-state index in [-0.39, 0.29) is 5.92 Å². The first-order valence-electron chi connectivity index (χ1n) is 8.12. The Hall–Kier alpha value is -0.740. The Morgan fingerprint density at radius 2 is 1.57 bits per heavy atom. The molecule has 2 heterocycles. The topological polar surface area (TPSA) is 90.4 Å². The Kier molecular flexibility index (Phi) is 6.38. The standard InChI is InChI=1S/C14H27N3O5S/c1-12(2)11-13(14(18)19)15-3-5-16(6-4-15)23(20,21)17-7-9-22-10-8-17/h12-13H,3-11H2,1-2H3,(H,18,19). The normalized spacial score (nSPS) is 24.0. The van der Waals surface area contributed by atoms with Crippen LogP contribution < -0.4 is 0 Å². The van der Waals surface area contributed by atoms with Crippen LogP contribution in [-0.2, 0) is 19.7 Å². The van der Waals surface area contributed by atoms with Crippen LogP contribution in [0.4, 0.5) is 0 Å². The van der Waals surface area contributed by atoms with Gasteiger partial charge in [0.05, 0.1) is 13.2 Å². The average molecular weight is 349 g/mol. The first-order valence-corrected chi connectivity index (χ1v) is 9.52. The fraction of sp³-hybridized carbons (Fsp3) is 0.929. The van der Waals surface area contributed by atoms with E-state index in [9.17, 15) is 18.3 Å². The molecule has 0 aromatic rings. The second-order valence-electron chi connectivity index (χ2n) is 6.44. The Labute approximate surface area is 138 Å². The van der Waals surface area contributed by atoms with E-state index in [1.807, 2.05) is 18.7 Å². The highest BCUT2D eigenvalue weighted by Crippen LogP contribution is 2.18. The highest BCUT2D eigenvalue weighted by molar-refractivity contribution is 7.86. The van der Waals surface area contributed by atoms with Crippen molar-refractivity contribution in [2.24, 2.45) is 5.92 Å². The molecule has 0 saturated carbocycles. The van der Waals surface area contributed by atoms with Crippen LogP contribution in [0.3, 0.4) is 0 Å². The zero-order valence-corrected chi connectivity index (χ0v) is 14.7. The number of morpholine rings is 1. The van der Waals surface area contributed by atoms with Gasteiger partial charge in [0.2, 0.25) is 0 Å². The molecule has 0 aromatic carbocycles. The predicted octanol–water partition coefficient (Wildman–Crippen LogP) is -0.320. The summed E-state index contributed by atoms with van der Waals surface area (Å²) in [6.07, 6.45) is 0.575. The minimum Gasteiger partial charge on any atom is -0.480 e. The lowest BCUT2D eigenvalue weighted by atomic mass is 10.0. The van der Waals surface area contributed by atoms with Crippen molar-refractivity contribution in [1.82, 2.24) is 13.5 Å². The molecule has 0 bridgehead atoms. The van der Waals surface area contributed by atoms with Crippen LogP contribution in [0, 0.1) is 5.92 Å². The highest BCUT2D eigenvalue weighted by atomic mass is 32.2. The SMILES string of the molecule is CC(C)CC(C(=O)O)N1CCN(S(=O)(=O)N2CCOCC2)CC1. The minimum absolute atomic E-state index is 0.284.